The largest absolute Gasteiger partial charge is 0.119 e. The molecule has 15 heavy (non-hydrogen) atoms. The Labute approximate surface area is 94.2 Å². The number of terminal acetylenes is 1. The summed E-state index contributed by atoms with van der Waals surface area (Å²) in [5.74, 6) is 9.27. The molecule has 0 heteroatoms. The lowest BCUT2D eigenvalue weighted by molar-refractivity contribution is 0.558. The van der Waals surface area contributed by atoms with E-state index >= 15 is 0 Å². The van der Waals surface area contributed by atoms with Gasteiger partial charge in [0.05, 0.1) is 5.92 Å². The van der Waals surface area contributed by atoms with Gasteiger partial charge in [-0.1, -0.05) is 56.4 Å². The van der Waals surface area contributed by atoms with Crippen LogP contribution in [0.3, 0.4) is 0 Å². The van der Waals surface area contributed by atoms with E-state index < -0.39 is 0 Å². The molecule has 0 heterocycles. The van der Waals surface area contributed by atoms with E-state index in [0.29, 0.717) is 0 Å². The second-order valence-electron chi connectivity index (χ2n) is 4.21. The van der Waals surface area contributed by atoms with Crippen molar-refractivity contribution >= 4 is 0 Å². The van der Waals surface area contributed by atoms with Gasteiger partial charge in [-0.3, -0.25) is 0 Å². The molecule has 0 aliphatic heterocycles. The molecule has 0 amide bonds. The van der Waals surface area contributed by atoms with Crippen LogP contribution in [0.5, 0.6) is 0 Å². The summed E-state index contributed by atoms with van der Waals surface area (Å²) in [4.78, 5) is 0. The lowest BCUT2D eigenvalue weighted by atomic mass is 9.94. The summed E-state index contributed by atoms with van der Waals surface area (Å²) in [7, 11) is 0. The van der Waals surface area contributed by atoms with Crippen LogP contribution in [-0.2, 0) is 0 Å². The molecular formula is C15H20. The molecule has 1 aliphatic rings. The monoisotopic (exact) mass is 200 g/mol. The zero-order chi connectivity index (χ0) is 10.9. The molecule has 0 bridgehead atoms. The maximum Gasteiger partial charge on any atom is 0.0523 e. The van der Waals surface area contributed by atoms with Crippen LogP contribution >= 0.6 is 0 Å². The van der Waals surface area contributed by atoms with Gasteiger partial charge in [-0.15, -0.1) is 6.42 Å². The third kappa shape index (κ3) is 4.75. The highest BCUT2D eigenvalue weighted by atomic mass is 14.1. The van der Waals surface area contributed by atoms with Crippen molar-refractivity contribution in [3.63, 3.8) is 0 Å². The van der Waals surface area contributed by atoms with Crippen molar-refractivity contribution in [1.29, 1.82) is 0 Å². The summed E-state index contributed by atoms with van der Waals surface area (Å²) in [6.07, 6.45) is 15.3. The van der Waals surface area contributed by atoms with Gasteiger partial charge in [0.15, 0.2) is 0 Å². The topological polar surface area (TPSA) is 0 Å². The first kappa shape index (κ1) is 11.9. The van der Waals surface area contributed by atoms with Gasteiger partial charge >= 0.3 is 0 Å². The summed E-state index contributed by atoms with van der Waals surface area (Å²) in [5.41, 5.74) is 0.943. The van der Waals surface area contributed by atoms with Gasteiger partial charge in [-0.05, 0) is 12.8 Å². The summed E-state index contributed by atoms with van der Waals surface area (Å²) in [6, 6.07) is 0. The maximum absolute atomic E-state index is 5.50. The molecule has 1 atom stereocenters. The molecule has 1 unspecified atom stereocenters. The van der Waals surface area contributed by atoms with Crippen LogP contribution in [0.15, 0.2) is 12.2 Å². The first-order chi connectivity index (χ1) is 7.34. The van der Waals surface area contributed by atoms with Crippen molar-refractivity contribution in [2.45, 2.75) is 51.4 Å². The number of hydrogen-bond donors (Lipinski definition) is 0. The molecule has 0 N–H and O–H groups in total. The minimum atomic E-state index is 0.178. The maximum atomic E-state index is 5.50. The summed E-state index contributed by atoms with van der Waals surface area (Å²) in [5, 5.41) is 0. The van der Waals surface area contributed by atoms with E-state index in [4.69, 9.17) is 6.42 Å². The van der Waals surface area contributed by atoms with Crippen molar-refractivity contribution in [3.8, 4) is 24.2 Å². The van der Waals surface area contributed by atoms with Crippen LogP contribution in [0.1, 0.15) is 51.4 Å². The Kier molecular flexibility index (Phi) is 5.72. The molecule has 0 aromatic rings. The van der Waals surface area contributed by atoms with Crippen LogP contribution in [0.2, 0.25) is 0 Å². The van der Waals surface area contributed by atoms with Crippen molar-refractivity contribution in [3.05, 3.63) is 12.2 Å². The van der Waals surface area contributed by atoms with Crippen LogP contribution in [0.4, 0.5) is 0 Å². The van der Waals surface area contributed by atoms with Crippen LogP contribution in [0, 0.1) is 30.1 Å². The van der Waals surface area contributed by atoms with Crippen molar-refractivity contribution in [2.75, 3.05) is 0 Å². The molecule has 0 spiro atoms. The normalized spacial score (nSPS) is 23.9. The molecule has 0 nitrogen and oxygen atoms in total. The van der Waals surface area contributed by atoms with E-state index in [1.165, 1.54) is 38.5 Å². The molecule has 1 rings (SSSR count). The Balaban J connectivity index is 2.55. The molecule has 1 aliphatic carbocycles. The minimum Gasteiger partial charge on any atom is -0.119 e. The quantitative estimate of drug-likeness (QED) is 0.520. The molecule has 0 aromatic heterocycles. The van der Waals surface area contributed by atoms with Gasteiger partial charge in [0.1, 0.15) is 0 Å². The van der Waals surface area contributed by atoms with Crippen molar-refractivity contribution in [1.82, 2.24) is 0 Å². The third-order valence-corrected chi connectivity index (χ3v) is 2.92. The predicted octanol–water partition coefficient (Wildman–Crippen LogP) is 3.93. The van der Waals surface area contributed by atoms with E-state index in [-0.39, 0.29) is 5.92 Å². The zero-order valence-electron chi connectivity index (χ0n) is 9.52. The highest BCUT2D eigenvalue weighted by Gasteiger charge is 2.07. The van der Waals surface area contributed by atoms with Gasteiger partial charge in [0.2, 0.25) is 0 Å². The zero-order valence-corrected chi connectivity index (χ0v) is 9.52. The van der Waals surface area contributed by atoms with Gasteiger partial charge in [-0.2, -0.15) is 0 Å². The SMILES string of the molecule is C#CC1CCCCCCCCC#CC1=C. The Hall–Kier alpha value is -1.14. The molecule has 0 radical (unpaired) electrons. The summed E-state index contributed by atoms with van der Waals surface area (Å²) >= 11 is 0. The van der Waals surface area contributed by atoms with E-state index in [0.717, 1.165) is 18.4 Å². The minimum absolute atomic E-state index is 0.178. The Morgan fingerprint density at radius 2 is 1.80 bits per heavy atom. The van der Waals surface area contributed by atoms with E-state index in [9.17, 15) is 0 Å². The Bertz CT molecular complexity index is 292. The van der Waals surface area contributed by atoms with Gasteiger partial charge in [-0.25, -0.2) is 0 Å². The molecule has 0 aromatic carbocycles. The fraction of sp³-hybridized carbons (Fsp3) is 0.600. The second kappa shape index (κ2) is 7.19. The predicted molar refractivity (Wildman–Crippen MR) is 66.2 cm³/mol. The summed E-state index contributed by atoms with van der Waals surface area (Å²) < 4.78 is 0. The van der Waals surface area contributed by atoms with Gasteiger partial charge in [0, 0.05) is 12.0 Å². The first-order valence-electron chi connectivity index (χ1n) is 5.98. The molecule has 0 fully saturated rings. The number of allylic oxidation sites excluding steroid dienone is 1. The van der Waals surface area contributed by atoms with Crippen LogP contribution in [-0.4, -0.2) is 0 Å². The average molecular weight is 200 g/mol. The molecular weight excluding hydrogens is 180 g/mol. The molecule has 0 saturated carbocycles. The molecule has 0 saturated heterocycles. The van der Waals surface area contributed by atoms with E-state index in [2.05, 4.69) is 24.3 Å². The van der Waals surface area contributed by atoms with Crippen molar-refractivity contribution < 1.29 is 0 Å². The van der Waals surface area contributed by atoms with E-state index in [1.54, 1.807) is 0 Å². The lowest BCUT2D eigenvalue weighted by Gasteiger charge is -2.09. The lowest BCUT2D eigenvalue weighted by Crippen LogP contribution is -1.99. The van der Waals surface area contributed by atoms with Gasteiger partial charge in [0.25, 0.3) is 0 Å². The highest BCUT2D eigenvalue weighted by molar-refractivity contribution is 5.32. The Morgan fingerprint density at radius 1 is 1.13 bits per heavy atom. The third-order valence-electron chi connectivity index (χ3n) is 2.92. The molecule has 80 valence electrons. The first-order valence-corrected chi connectivity index (χ1v) is 5.98. The van der Waals surface area contributed by atoms with Crippen molar-refractivity contribution in [2.24, 2.45) is 5.92 Å². The smallest absolute Gasteiger partial charge is 0.0523 e. The fourth-order valence-corrected chi connectivity index (χ4v) is 1.89. The van der Waals surface area contributed by atoms with E-state index in [1.807, 2.05) is 0 Å². The highest BCUT2D eigenvalue weighted by Crippen LogP contribution is 2.18. The summed E-state index contributed by atoms with van der Waals surface area (Å²) in [6.45, 7) is 3.98. The average Bonchev–Trinajstić information content (AvgIpc) is 2.23. The standard InChI is InChI=1S/C15H20/c1-3-15-13-11-9-7-5-4-6-8-10-12-14(15)2/h1,15H,2,4-9,11,13H2. The number of rotatable bonds is 0. The fourth-order valence-electron chi connectivity index (χ4n) is 1.89. The van der Waals surface area contributed by atoms with Gasteiger partial charge < -0.3 is 0 Å². The van der Waals surface area contributed by atoms with Crippen LogP contribution < -0.4 is 0 Å². The number of hydrogen-bond acceptors (Lipinski definition) is 0. The Morgan fingerprint density at radius 3 is 2.53 bits per heavy atom. The van der Waals surface area contributed by atoms with Crippen LogP contribution in [0.25, 0.3) is 0 Å². The second-order valence-corrected chi connectivity index (χ2v) is 4.21.